The first-order valence-electron chi connectivity index (χ1n) is 8.71. The van der Waals surface area contributed by atoms with Gasteiger partial charge in [0.25, 0.3) is 5.69 Å². The second-order valence-electron chi connectivity index (χ2n) is 6.00. The quantitative estimate of drug-likeness (QED) is 0.286. The van der Waals surface area contributed by atoms with E-state index in [-0.39, 0.29) is 30.4 Å². The molecule has 0 aliphatic carbocycles. The number of nitrogens with zero attached hydrogens (tertiary/aromatic N) is 2. The highest BCUT2D eigenvalue weighted by Crippen LogP contribution is 2.17. The van der Waals surface area contributed by atoms with Crippen molar-refractivity contribution in [1.29, 1.82) is 0 Å². The lowest BCUT2D eigenvalue weighted by Crippen LogP contribution is -2.10. The topological polar surface area (TPSA) is 102 Å². The predicted molar refractivity (Wildman–Crippen MR) is 103 cm³/mol. The minimum Gasteiger partial charge on any atom is -0.508 e. The lowest BCUT2D eigenvalue weighted by Gasteiger charge is -2.08. The number of ether oxygens (including phenoxy) is 1. The number of nitro groups is 1. The SMILES string of the molecule is CCCCC(CC(=O)c1ccc(O)cc1)=NCOc1ccc([N+](=O)[O-])cc1. The number of hydrogen-bond acceptors (Lipinski definition) is 6. The maximum absolute atomic E-state index is 12.4. The monoisotopic (exact) mass is 370 g/mol. The lowest BCUT2D eigenvalue weighted by molar-refractivity contribution is -0.384. The number of unbranched alkanes of at least 4 members (excludes halogenated alkanes) is 1. The highest BCUT2D eigenvalue weighted by atomic mass is 16.6. The number of hydrogen-bond donors (Lipinski definition) is 1. The van der Waals surface area contributed by atoms with Gasteiger partial charge in [-0.1, -0.05) is 13.3 Å². The molecule has 0 bridgehead atoms. The Morgan fingerprint density at radius 3 is 2.41 bits per heavy atom. The molecule has 0 radical (unpaired) electrons. The van der Waals surface area contributed by atoms with Crippen LogP contribution in [-0.4, -0.2) is 28.3 Å². The van der Waals surface area contributed by atoms with Crippen LogP contribution >= 0.6 is 0 Å². The third-order valence-corrected chi connectivity index (χ3v) is 3.94. The third kappa shape index (κ3) is 6.54. The Labute approximate surface area is 157 Å². The average Bonchev–Trinajstić information content (AvgIpc) is 2.66. The van der Waals surface area contributed by atoms with Crippen LogP contribution in [0.2, 0.25) is 0 Å². The van der Waals surface area contributed by atoms with Crippen molar-refractivity contribution in [1.82, 2.24) is 0 Å². The third-order valence-electron chi connectivity index (χ3n) is 3.94. The van der Waals surface area contributed by atoms with Crippen LogP contribution in [0.1, 0.15) is 43.0 Å². The molecule has 0 heterocycles. The zero-order valence-corrected chi connectivity index (χ0v) is 15.1. The van der Waals surface area contributed by atoms with Gasteiger partial charge in [0, 0.05) is 29.8 Å². The molecule has 0 aliphatic heterocycles. The number of nitro benzene ring substituents is 1. The molecule has 0 unspecified atom stereocenters. The van der Waals surface area contributed by atoms with Crippen LogP contribution in [0.4, 0.5) is 5.69 Å². The predicted octanol–water partition coefficient (Wildman–Crippen LogP) is 4.54. The van der Waals surface area contributed by atoms with Crippen molar-refractivity contribution in [3.63, 3.8) is 0 Å². The zero-order valence-electron chi connectivity index (χ0n) is 15.1. The first-order valence-corrected chi connectivity index (χ1v) is 8.71. The molecule has 0 atom stereocenters. The van der Waals surface area contributed by atoms with Crippen LogP contribution in [0, 0.1) is 10.1 Å². The van der Waals surface area contributed by atoms with Crippen molar-refractivity contribution >= 4 is 17.2 Å². The summed E-state index contributed by atoms with van der Waals surface area (Å²) in [6.07, 6.45) is 2.78. The van der Waals surface area contributed by atoms with Gasteiger partial charge < -0.3 is 9.84 Å². The molecule has 0 spiro atoms. The summed E-state index contributed by atoms with van der Waals surface area (Å²) in [5.41, 5.74) is 1.26. The van der Waals surface area contributed by atoms with Crippen LogP contribution in [-0.2, 0) is 0 Å². The maximum atomic E-state index is 12.4. The first-order chi connectivity index (χ1) is 13.0. The number of aliphatic imine (C=N–C) groups is 1. The normalized spacial score (nSPS) is 11.2. The highest BCUT2D eigenvalue weighted by Gasteiger charge is 2.11. The van der Waals surface area contributed by atoms with E-state index in [1.807, 2.05) is 0 Å². The second-order valence-corrected chi connectivity index (χ2v) is 6.00. The number of phenols is 1. The number of ketones is 1. The van der Waals surface area contributed by atoms with Gasteiger partial charge >= 0.3 is 0 Å². The van der Waals surface area contributed by atoms with E-state index in [0.717, 1.165) is 18.6 Å². The standard InChI is InChI=1S/C20H22N2O5/c1-2-3-4-16(13-20(24)15-5-9-18(23)10-6-15)21-14-27-19-11-7-17(8-12-19)22(25)26/h5-12,23H,2-4,13-14H2,1H3. The van der Waals surface area contributed by atoms with Gasteiger partial charge in [-0.25, -0.2) is 0 Å². The Kier molecular flexibility index (Phi) is 7.49. The average molecular weight is 370 g/mol. The number of carbonyl (C=O) groups is 1. The number of rotatable bonds is 10. The van der Waals surface area contributed by atoms with E-state index < -0.39 is 4.92 Å². The summed E-state index contributed by atoms with van der Waals surface area (Å²) in [5.74, 6) is 0.521. The number of phenolic OH excluding ortho intramolecular Hbond substituents is 1. The number of Topliss-reactive ketones (excluding diaryl/α,β-unsaturated/α-hetero) is 1. The summed E-state index contributed by atoms with van der Waals surface area (Å²) < 4.78 is 5.50. The van der Waals surface area contributed by atoms with E-state index in [0.29, 0.717) is 17.7 Å². The molecule has 2 aromatic rings. The molecular formula is C20H22N2O5. The van der Waals surface area contributed by atoms with Crippen molar-refractivity contribution < 1.29 is 19.6 Å². The minimum absolute atomic E-state index is 0.00557. The molecule has 0 saturated carbocycles. The molecular weight excluding hydrogens is 348 g/mol. The summed E-state index contributed by atoms with van der Waals surface area (Å²) in [6, 6.07) is 11.9. The highest BCUT2D eigenvalue weighted by molar-refractivity contribution is 6.09. The molecule has 2 rings (SSSR count). The second kappa shape index (κ2) is 10.1. The molecule has 27 heavy (non-hydrogen) atoms. The van der Waals surface area contributed by atoms with Crippen molar-refractivity contribution in [2.45, 2.75) is 32.6 Å². The summed E-state index contributed by atoms with van der Waals surface area (Å²) in [6.45, 7) is 2.10. The molecule has 0 amide bonds. The molecule has 0 fully saturated rings. The van der Waals surface area contributed by atoms with Crippen molar-refractivity contribution in [2.24, 2.45) is 4.99 Å². The fraction of sp³-hybridized carbons (Fsp3) is 0.300. The van der Waals surface area contributed by atoms with E-state index in [2.05, 4.69) is 11.9 Å². The smallest absolute Gasteiger partial charge is 0.269 e. The molecule has 2 aromatic carbocycles. The van der Waals surface area contributed by atoms with Gasteiger partial charge in [0.2, 0.25) is 0 Å². The van der Waals surface area contributed by atoms with E-state index >= 15 is 0 Å². The molecule has 142 valence electrons. The van der Waals surface area contributed by atoms with Gasteiger partial charge in [0.1, 0.15) is 11.5 Å². The minimum atomic E-state index is -0.472. The van der Waals surface area contributed by atoms with Crippen LogP contribution in [0.5, 0.6) is 11.5 Å². The van der Waals surface area contributed by atoms with Crippen molar-refractivity contribution in [2.75, 3.05) is 6.73 Å². The molecule has 7 heteroatoms. The first kappa shape index (κ1) is 20.1. The summed E-state index contributed by atoms with van der Waals surface area (Å²) in [4.78, 5) is 27.0. The van der Waals surface area contributed by atoms with Gasteiger partial charge in [-0.05, 0) is 49.2 Å². The zero-order chi connectivity index (χ0) is 19.6. The molecule has 0 saturated heterocycles. The van der Waals surface area contributed by atoms with Crippen LogP contribution in [0.25, 0.3) is 0 Å². The van der Waals surface area contributed by atoms with E-state index in [4.69, 9.17) is 4.74 Å². The number of non-ortho nitro benzene ring substituents is 1. The van der Waals surface area contributed by atoms with Gasteiger partial charge in [0.05, 0.1) is 4.92 Å². The summed E-state index contributed by atoms with van der Waals surface area (Å²) in [5, 5.41) is 20.0. The molecule has 1 N–H and O–H groups in total. The van der Waals surface area contributed by atoms with Gasteiger partial charge in [-0.15, -0.1) is 0 Å². The van der Waals surface area contributed by atoms with Gasteiger partial charge in [-0.2, -0.15) is 0 Å². The van der Waals surface area contributed by atoms with E-state index in [1.165, 1.54) is 36.4 Å². The maximum Gasteiger partial charge on any atom is 0.269 e. The summed E-state index contributed by atoms with van der Waals surface area (Å²) >= 11 is 0. The molecule has 0 aliphatic rings. The van der Waals surface area contributed by atoms with E-state index in [9.17, 15) is 20.0 Å². The van der Waals surface area contributed by atoms with Gasteiger partial charge in [-0.3, -0.25) is 19.9 Å². The fourth-order valence-electron chi connectivity index (χ4n) is 2.40. The largest absolute Gasteiger partial charge is 0.508 e. The lowest BCUT2D eigenvalue weighted by atomic mass is 10.0. The van der Waals surface area contributed by atoms with Gasteiger partial charge in [0.15, 0.2) is 12.5 Å². The summed E-state index contributed by atoms with van der Waals surface area (Å²) in [7, 11) is 0. The Morgan fingerprint density at radius 1 is 1.15 bits per heavy atom. The van der Waals surface area contributed by atoms with Crippen LogP contribution in [0.15, 0.2) is 53.5 Å². The number of aromatic hydroxyl groups is 1. The number of carbonyl (C=O) groups excluding carboxylic acids is 1. The van der Waals surface area contributed by atoms with Crippen LogP contribution in [0.3, 0.4) is 0 Å². The number of benzene rings is 2. The molecule has 0 aromatic heterocycles. The molecule has 7 nitrogen and oxygen atoms in total. The van der Waals surface area contributed by atoms with Crippen molar-refractivity contribution in [3.8, 4) is 11.5 Å². The van der Waals surface area contributed by atoms with Crippen LogP contribution < -0.4 is 4.74 Å². The Balaban J connectivity index is 1.98. The Hall–Kier alpha value is -3.22. The Morgan fingerprint density at radius 2 is 1.81 bits per heavy atom. The Bertz CT molecular complexity index is 798. The van der Waals surface area contributed by atoms with E-state index in [1.54, 1.807) is 12.1 Å². The van der Waals surface area contributed by atoms with Crippen molar-refractivity contribution in [3.05, 3.63) is 64.2 Å². The fourth-order valence-corrected chi connectivity index (χ4v) is 2.40.